The number of rotatable bonds is 7. The summed E-state index contributed by atoms with van der Waals surface area (Å²) in [6.45, 7) is 5.89. The summed E-state index contributed by atoms with van der Waals surface area (Å²) in [5, 5.41) is 2.96. The summed E-state index contributed by atoms with van der Waals surface area (Å²) in [6.07, 6.45) is 3.48. The Kier molecular flexibility index (Phi) is 7.74. The third kappa shape index (κ3) is 6.55. The molecule has 7 nitrogen and oxygen atoms in total. The number of piperazine rings is 1. The topological polar surface area (TPSA) is 65.1 Å². The molecule has 0 aliphatic carbocycles. The number of benzene rings is 2. The molecule has 2 saturated heterocycles. The summed E-state index contributed by atoms with van der Waals surface area (Å²) in [6, 6.07) is 17.0. The Morgan fingerprint density at radius 2 is 1.31 bits per heavy atom. The van der Waals surface area contributed by atoms with Gasteiger partial charge in [0.25, 0.3) is 0 Å². The first-order valence-corrected chi connectivity index (χ1v) is 11.5. The Morgan fingerprint density at radius 1 is 0.719 bits per heavy atom. The Balaban J connectivity index is 1.17. The minimum atomic E-state index is -0.0282. The molecule has 0 bridgehead atoms. The molecule has 2 heterocycles. The molecule has 2 fully saturated rings. The molecule has 0 radical (unpaired) electrons. The van der Waals surface area contributed by atoms with Gasteiger partial charge in [-0.3, -0.25) is 19.4 Å². The molecule has 1 N–H and O–H groups in total. The van der Waals surface area contributed by atoms with E-state index in [1.807, 2.05) is 59.5 Å². The van der Waals surface area contributed by atoms with Crippen LogP contribution in [0.2, 0.25) is 0 Å². The molecule has 2 aliphatic rings. The van der Waals surface area contributed by atoms with E-state index in [0.29, 0.717) is 13.1 Å². The summed E-state index contributed by atoms with van der Waals surface area (Å²) < 4.78 is 5.78. The van der Waals surface area contributed by atoms with Crippen molar-refractivity contribution >= 4 is 17.5 Å². The number of piperidine rings is 1. The Labute approximate surface area is 189 Å². The number of anilines is 1. The van der Waals surface area contributed by atoms with Crippen molar-refractivity contribution in [2.45, 2.75) is 19.3 Å². The van der Waals surface area contributed by atoms with Crippen molar-refractivity contribution in [2.24, 2.45) is 0 Å². The number of carbonyl (C=O) groups excluding carboxylic acids is 2. The van der Waals surface area contributed by atoms with Crippen LogP contribution in [0.15, 0.2) is 54.6 Å². The van der Waals surface area contributed by atoms with Gasteiger partial charge < -0.3 is 15.0 Å². The minimum absolute atomic E-state index is 0.0282. The van der Waals surface area contributed by atoms with E-state index in [1.165, 1.54) is 6.42 Å². The zero-order valence-corrected chi connectivity index (χ0v) is 18.5. The predicted molar refractivity (Wildman–Crippen MR) is 125 cm³/mol. The van der Waals surface area contributed by atoms with Gasteiger partial charge in [0.1, 0.15) is 11.5 Å². The largest absolute Gasteiger partial charge is 0.457 e. The van der Waals surface area contributed by atoms with Crippen LogP contribution in [0, 0.1) is 0 Å². The molecule has 2 aromatic carbocycles. The molecule has 2 aliphatic heterocycles. The van der Waals surface area contributed by atoms with E-state index in [0.717, 1.165) is 69.3 Å². The maximum Gasteiger partial charge on any atom is 0.238 e. The highest BCUT2D eigenvalue weighted by atomic mass is 16.5. The van der Waals surface area contributed by atoms with Gasteiger partial charge in [0.05, 0.1) is 13.1 Å². The summed E-state index contributed by atoms with van der Waals surface area (Å²) in [4.78, 5) is 31.3. The Morgan fingerprint density at radius 3 is 1.97 bits per heavy atom. The fourth-order valence-electron chi connectivity index (χ4n) is 4.17. The zero-order valence-electron chi connectivity index (χ0n) is 18.5. The molecule has 7 heteroatoms. The van der Waals surface area contributed by atoms with Gasteiger partial charge in [-0.05, 0) is 55.7 Å². The van der Waals surface area contributed by atoms with Gasteiger partial charge in [-0.2, -0.15) is 0 Å². The second-order valence-electron chi connectivity index (χ2n) is 8.48. The fraction of sp³-hybridized carbons (Fsp3) is 0.440. The predicted octanol–water partition coefficient (Wildman–Crippen LogP) is 3.05. The van der Waals surface area contributed by atoms with E-state index >= 15 is 0 Å². The summed E-state index contributed by atoms with van der Waals surface area (Å²) in [7, 11) is 0. The lowest BCUT2D eigenvalue weighted by atomic mass is 10.1. The second-order valence-corrected chi connectivity index (χ2v) is 8.48. The van der Waals surface area contributed by atoms with Crippen molar-refractivity contribution in [3.8, 4) is 11.5 Å². The molecular formula is C25H32N4O3. The molecular weight excluding hydrogens is 404 g/mol. The molecule has 0 saturated carbocycles. The maximum absolute atomic E-state index is 12.5. The first kappa shape index (κ1) is 22.3. The lowest BCUT2D eigenvalue weighted by Crippen LogP contribution is -2.51. The molecule has 4 rings (SSSR count). The minimum Gasteiger partial charge on any atom is -0.457 e. The number of amides is 2. The van der Waals surface area contributed by atoms with Crippen LogP contribution in [0.3, 0.4) is 0 Å². The van der Waals surface area contributed by atoms with E-state index in [-0.39, 0.29) is 11.8 Å². The van der Waals surface area contributed by atoms with Gasteiger partial charge in [-0.15, -0.1) is 0 Å². The highest BCUT2D eigenvalue weighted by Gasteiger charge is 2.23. The SMILES string of the molecule is O=C(CN1CCN(CC(=O)N2CCCCC2)CC1)Nc1ccc(Oc2ccccc2)cc1. The van der Waals surface area contributed by atoms with Crippen molar-refractivity contribution in [3.05, 3.63) is 54.6 Å². The normalized spacial score (nSPS) is 17.7. The number of nitrogens with zero attached hydrogens (tertiary/aromatic N) is 3. The van der Waals surface area contributed by atoms with Gasteiger partial charge in [-0.25, -0.2) is 0 Å². The van der Waals surface area contributed by atoms with Crippen LogP contribution in [-0.4, -0.2) is 78.9 Å². The number of ether oxygens (including phenoxy) is 1. The molecule has 0 aromatic heterocycles. The smallest absolute Gasteiger partial charge is 0.238 e. The van der Waals surface area contributed by atoms with E-state index in [2.05, 4.69) is 15.1 Å². The van der Waals surface area contributed by atoms with Crippen molar-refractivity contribution in [1.29, 1.82) is 0 Å². The Hall–Kier alpha value is -2.90. The van der Waals surface area contributed by atoms with Crippen LogP contribution in [0.25, 0.3) is 0 Å². The van der Waals surface area contributed by atoms with Gasteiger partial charge in [0.2, 0.25) is 11.8 Å². The lowest BCUT2D eigenvalue weighted by Gasteiger charge is -2.35. The van der Waals surface area contributed by atoms with Gasteiger partial charge in [0, 0.05) is 45.0 Å². The lowest BCUT2D eigenvalue weighted by molar-refractivity contribution is -0.134. The molecule has 0 spiro atoms. The average Bonchev–Trinajstić information content (AvgIpc) is 2.83. The number of para-hydroxylation sites is 1. The molecule has 32 heavy (non-hydrogen) atoms. The van der Waals surface area contributed by atoms with Crippen LogP contribution in [0.1, 0.15) is 19.3 Å². The van der Waals surface area contributed by atoms with Gasteiger partial charge >= 0.3 is 0 Å². The number of hydrogen-bond acceptors (Lipinski definition) is 5. The summed E-state index contributed by atoms with van der Waals surface area (Å²) >= 11 is 0. The molecule has 170 valence electrons. The zero-order chi connectivity index (χ0) is 22.2. The second kappa shape index (κ2) is 11.1. The van der Waals surface area contributed by atoms with Crippen LogP contribution in [-0.2, 0) is 9.59 Å². The van der Waals surface area contributed by atoms with Crippen LogP contribution in [0.4, 0.5) is 5.69 Å². The Bertz CT molecular complexity index is 874. The van der Waals surface area contributed by atoms with E-state index in [9.17, 15) is 9.59 Å². The summed E-state index contributed by atoms with van der Waals surface area (Å²) in [5.74, 6) is 1.72. The van der Waals surface area contributed by atoms with Crippen molar-refractivity contribution in [1.82, 2.24) is 14.7 Å². The third-order valence-electron chi connectivity index (χ3n) is 6.02. The number of nitrogens with one attached hydrogen (secondary N) is 1. The van der Waals surface area contributed by atoms with E-state index in [1.54, 1.807) is 0 Å². The fourth-order valence-corrected chi connectivity index (χ4v) is 4.17. The van der Waals surface area contributed by atoms with Gasteiger partial charge in [0.15, 0.2) is 0 Å². The van der Waals surface area contributed by atoms with Crippen molar-refractivity contribution in [3.63, 3.8) is 0 Å². The van der Waals surface area contributed by atoms with Crippen molar-refractivity contribution in [2.75, 3.05) is 57.7 Å². The van der Waals surface area contributed by atoms with Crippen LogP contribution >= 0.6 is 0 Å². The highest BCUT2D eigenvalue weighted by Crippen LogP contribution is 2.22. The average molecular weight is 437 g/mol. The number of carbonyl (C=O) groups is 2. The molecule has 0 atom stereocenters. The maximum atomic E-state index is 12.5. The monoisotopic (exact) mass is 436 g/mol. The quantitative estimate of drug-likeness (QED) is 0.723. The molecule has 2 amide bonds. The highest BCUT2D eigenvalue weighted by molar-refractivity contribution is 5.92. The van der Waals surface area contributed by atoms with Crippen molar-refractivity contribution < 1.29 is 14.3 Å². The molecule has 2 aromatic rings. The standard InChI is InChI=1S/C25H32N4O3/c30-24(26-21-9-11-23(12-10-21)32-22-7-3-1-4-8-22)19-27-15-17-28(18-16-27)20-25(31)29-13-5-2-6-14-29/h1,3-4,7-12H,2,5-6,13-20H2,(H,26,30). The first-order chi connectivity index (χ1) is 15.7. The summed E-state index contributed by atoms with van der Waals surface area (Å²) in [5.41, 5.74) is 0.751. The van der Waals surface area contributed by atoms with Gasteiger partial charge in [-0.1, -0.05) is 18.2 Å². The number of hydrogen-bond donors (Lipinski definition) is 1. The number of likely N-dealkylation sites (tertiary alicyclic amines) is 1. The first-order valence-electron chi connectivity index (χ1n) is 11.5. The van der Waals surface area contributed by atoms with E-state index in [4.69, 9.17) is 4.74 Å². The molecule has 0 unspecified atom stereocenters. The van der Waals surface area contributed by atoms with Crippen LogP contribution < -0.4 is 10.1 Å². The van der Waals surface area contributed by atoms with E-state index < -0.39 is 0 Å². The van der Waals surface area contributed by atoms with Crippen LogP contribution in [0.5, 0.6) is 11.5 Å². The third-order valence-corrected chi connectivity index (χ3v) is 6.02.